The third-order valence-electron chi connectivity index (χ3n) is 4.29. The Morgan fingerprint density at radius 1 is 1.32 bits per heavy atom. The van der Waals surface area contributed by atoms with Gasteiger partial charge in [0.2, 0.25) is 0 Å². The van der Waals surface area contributed by atoms with Crippen LogP contribution < -0.4 is 10.3 Å². The average Bonchev–Trinajstić information content (AvgIpc) is 3.20. The number of nitrogens with zero attached hydrogens (tertiary/aromatic N) is 5. The summed E-state index contributed by atoms with van der Waals surface area (Å²) in [5, 5.41) is 21.1. The summed E-state index contributed by atoms with van der Waals surface area (Å²) in [6, 6.07) is 5.43. The molecule has 146 valence electrons. The molecule has 0 aliphatic carbocycles. The zero-order chi connectivity index (χ0) is 20.3. The maximum Gasteiger partial charge on any atom is 0.326 e. The molecule has 1 atom stereocenters. The van der Waals surface area contributed by atoms with E-state index in [1.165, 1.54) is 34.9 Å². The molecule has 0 aliphatic heterocycles. The third kappa shape index (κ3) is 3.74. The smallest absolute Gasteiger partial charge is 0.326 e. The quantitative estimate of drug-likeness (QED) is 0.645. The highest BCUT2D eigenvalue weighted by molar-refractivity contribution is 6.31. The number of aromatic nitrogens is 5. The number of aliphatic carboxylic acids is 1. The fraction of sp³-hybridized carbons (Fsp3) is 0.278. The molecule has 9 nitrogen and oxygen atoms in total. The Labute approximate surface area is 165 Å². The van der Waals surface area contributed by atoms with E-state index in [4.69, 9.17) is 16.3 Å². The number of tetrazole rings is 1. The van der Waals surface area contributed by atoms with E-state index in [2.05, 4.69) is 15.5 Å². The van der Waals surface area contributed by atoms with E-state index in [9.17, 15) is 14.7 Å². The highest BCUT2D eigenvalue weighted by Crippen LogP contribution is 2.35. The number of methoxy groups -OCH3 is 1. The molecule has 2 heterocycles. The van der Waals surface area contributed by atoms with Crippen LogP contribution in [0.2, 0.25) is 5.02 Å². The molecule has 0 bridgehead atoms. The first-order chi connectivity index (χ1) is 13.5. The lowest BCUT2D eigenvalue weighted by molar-refractivity contribution is -0.141. The van der Waals surface area contributed by atoms with Crippen LogP contribution >= 0.6 is 11.6 Å². The molecule has 0 saturated carbocycles. The van der Waals surface area contributed by atoms with Crippen molar-refractivity contribution >= 4 is 17.6 Å². The van der Waals surface area contributed by atoms with Crippen LogP contribution in [0, 0.1) is 0 Å². The van der Waals surface area contributed by atoms with Crippen molar-refractivity contribution in [3.8, 4) is 22.6 Å². The van der Waals surface area contributed by atoms with E-state index in [1.54, 1.807) is 18.2 Å². The van der Waals surface area contributed by atoms with E-state index in [0.29, 0.717) is 40.4 Å². The highest BCUT2D eigenvalue weighted by atomic mass is 35.5. The molecule has 1 N–H and O–H groups in total. The number of carbonyl (C=O) groups is 1. The molecule has 0 saturated heterocycles. The van der Waals surface area contributed by atoms with Gasteiger partial charge >= 0.3 is 5.97 Å². The van der Waals surface area contributed by atoms with Crippen molar-refractivity contribution in [2.24, 2.45) is 0 Å². The van der Waals surface area contributed by atoms with Crippen LogP contribution in [0.1, 0.15) is 25.8 Å². The first-order valence-electron chi connectivity index (χ1n) is 8.52. The summed E-state index contributed by atoms with van der Waals surface area (Å²) in [5.41, 5.74) is 1.16. The zero-order valence-corrected chi connectivity index (χ0v) is 16.0. The van der Waals surface area contributed by atoms with Gasteiger partial charge in [-0.05, 0) is 35.0 Å². The lowest BCUT2D eigenvalue weighted by Crippen LogP contribution is -2.29. The third-order valence-corrected chi connectivity index (χ3v) is 4.53. The molecule has 0 fully saturated rings. The van der Waals surface area contributed by atoms with Gasteiger partial charge in [0.1, 0.15) is 18.1 Å². The number of hydrogen-bond acceptors (Lipinski definition) is 6. The molecule has 0 spiro atoms. The lowest BCUT2D eigenvalue weighted by atomic mass is 10.0. The second-order valence-electron chi connectivity index (χ2n) is 6.06. The number of carboxylic acid groups (broad SMARTS) is 1. The maximum atomic E-state index is 12.7. The number of benzene rings is 1. The summed E-state index contributed by atoms with van der Waals surface area (Å²) in [7, 11) is 1.45. The first-order valence-corrected chi connectivity index (χ1v) is 8.90. The van der Waals surface area contributed by atoms with Gasteiger partial charge in [0, 0.05) is 22.2 Å². The Bertz CT molecular complexity index is 1050. The van der Waals surface area contributed by atoms with E-state index in [-0.39, 0.29) is 0 Å². The number of rotatable bonds is 7. The SMILES string of the molecule is CCCC(C(=O)O)n1cc(OC)c(-c2cc(Cl)ccc2-n2cnnn2)cc1=O. The summed E-state index contributed by atoms with van der Waals surface area (Å²) in [5.74, 6) is -0.741. The molecular weight excluding hydrogens is 386 g/mol. The predicted molar refractivity (Wildman–Crippen MR) is 102 cm³/mol. The number of halogens is 1. The summed E-state index contributed by atoms with van der Waals surface area (Å²) in [4.78, 5) is 24.4. The van der Waals surface area contributed by atoms with Crippen molar-refractivity contribution in [3.63, 3.8) is 0 Å². The van der Waals surface area contributed by atoms with Crippen molar-refractivity contribution in [2.75, 3.05) is 7.11 Å². The normalized spacial score (nSPS) is 12.0. The Balaban J connectivity index is 2.22. The fourth-order valence-corrected chi connectivity index (χ4v) is 3.17. The lowest BCUT2D eigenvalue weighted by Gasteiger charge is -2.18. The number of carboxylic acids is 1. The summed E-state index contributed by atoms with van der Waals surface area (Å²) in [6.07, 6.45) is 3.77. The van der Waals surface area contributed by atoms with Gasteiger partial charge in [0.05, 0.1) is 19.0 Å². The van der Waals surface area contributed by atoms with Crippen LogP contribution in [-0.2, 0) is 4.79 Å². The van der Waals surface area contributed by atoms with Crippen molar-refractivity contribution < 1.29 is 14.6 Å². The Hall–Kier alpha value is -3.20. The zero-order valence-electron chi connectivity index (χ0n) is 15.2. The van der Waals surface area contributed by atoms with Gasteiger partial charge < -0.3 is 9.84 Å². The topological polar surface area (TPSA) is 112 Å². The minimum Gasteiger partial charge on any atom is -0.495 e. The second-order valence-corrected chi connectivity index (χ2v) is 6.50. The van der Waals surface area contributed by atoms with E-state index in [1.807, 2.05) is 6.92 Å². The first kappa shape index (κ1) is 19.6. The fourth-order valence-electron chi connectivity index (χ4n) is 3.00. The monoisotopic (exact) mass is 403 g/mol. The standard InChI is InChI=1S/C18H18ClN5O4/c1-3-4-15(18(26)27)23-9-16(28-2)13(8-17(23)25)12-7-11(19)5-6-14(12)24-10-20-21-22-24/h5-10,15H,3-4H2,1-2H3,(H,26,27). The minimum absolute atomic E-state index is 0.324. The van der Waals surface area contributed by atoms with E-state index >= 15 is 0 Å². The van der Waals surface area contributed by atoms with Gasteiger partial charge in [-0.2, -0.15) is 4.68 Å². The van der Waals surface area contributed by atoms with Crippen LogP contribution in [0.4, 0.5) is 0 Å². The highest BCUT2D eigenvalue weighted by Gasteiger charge is 2.23. The minimum atomic E-state index is -1.07. The van der Waals surface area contributed by atoms with Gasteiger partial charge in [-0.25, -0.2) is 4.79 Å². The summed E-state index contributed by atoms with van der Waals surface area (Å²) < 4.78 is 8.07. The Kier molecular flexibility index (Phi) is 5.74. The van der Waals surface area contributed by atoms with Crippen molar-refractivity contribution in [1.82, 2.24) is 24.8 Å². The Morgan fingerprint density at radius 2 is 2.11 bits per heavy atom. The molecule has 0 amide bonds. The Morgan fingerprint density at radius 3 is 2.71 bits per heavy atom. The van der Waals surface area contributed by atoms with E-state index in [0.717, 1.165) is 0 Å². The largest absolute Gasteiger partial charge is 0.495 e. The van der Waals surface area contributed by atoms with E-state index < -0.39 is 17.6 Å². The summed E-state index contributed by atoms with van der Waals surface area (Å²) >= 11 is 6.17. The molecule has 3 rings (SSSR count). The summed E-state index contributed by atoms with van der Waals surface area (Å²) in [6.45, 7) is 1.86. The van der Waals surface area contributed by atoms with Crippen LogP contribution in [0.25, 0.3) is 16.8 Å². The molecule has 10 heteroatoms. The van der Waals surface area contributed by atoms with Crippen molar-refractivity contribution in [1.29, 1.82) is 0 Å². The van der Waals surface area contributed by atoms with Crippen LogP contribution in [-0.4, -0.2) is 43.0 Å². The van der Waals surface area contributed by atoms with Gasteiger partial charge in [-0.15, -0.1) is 5.10 Å². The molecule has 2 aromatic heterocycles. The maximum absolute atomic E-state index is 12.7. The van der Waals surface area contributed by atoms with Gasteiger partial charge in [-0.3, -0.25) is 9.36 Å². The van der Waals surface area contributed by atoms with Gasteiger partial charge in [0.25, 0.3) is 5.56 Å². The molecule has 0 radical (unpaired) electrons. The van der Waals surface area contributed by atoms with Gasteiger partial charge in [0.15, 0.2) is 0 Å². The van der Waals surface area contributed by atoms with Crippen LogP contribution in [0.5, 0.6) is 5.75 Å². The second kappa shape index (κ2) is 8.22. The number of ether oxygens (including phenoxy) is 1. The molecule has 1 aromatic carbocycles. The molecule has 0 aliphatic rings. The molecule has 3 aromatic rings. The van der Waals surface area contributed by atoms with Gasteiger partial charge in [-0.1, -0.05) is 24.9 Å². The predicted octanol–water partition coefficient (Wildman–Crippen LogP) is 2.58. The molecule has 1 unspecified atom stereocenters. The van der Waals surface area contributed by atoms with Crippen LogP contribution in [0.15, 0.2) is 41.6 Å². The van der Waals surface area contributed by atoms with Crippen LogP contribution in [0.3, 0.4) is 0 Å². The molecular formula is C18H18ClN5O4. The van der Waals surface area contributed by atoms with Crippen molar-refractivity contribution in [2.45, 2.75) is 25.8 Å². The number of hydrogen-bond donors (Lipinski definition) is 1. The van der Waals surface area contributed by atoms with Crippen molar-refractivity contribution in [3.05, 3.63) is 52.2 Å². The average molecular weight is 404 g/mol. The molecule has 28 heavy (non-hydrogen) atoms. The number of pyridine rings is 1.